The van der Waals surface area contributed by atoms with Crippen molar-refractivity contribution in [3.05, 3.63) is 46.0 Å². The fourth-order valence-electron chi connectivity index (χ4n) is 2.70. The van der Waals surface area contributed by atoms with Crippen LogP contribution in [0, 0.1) is 6.92 Å². The molecular weight excluding hydrogens is 344 g/mol. The highest BCUT2D eigenvalue weighted by Gasteiger charge is 2.16. The number of aryl methyl sites for hydroxylation is 3. The average Bonchev–Trinajstić information content (AvgIpc) is 2.95. The van der Waals surface area contributed by atoms with E-state index in [4.69, 9.17) is 0 Å². The number of amides is 1. The summed E-state index contributed by atoms with van der Waals surface area (Å²) in [4.78, 5) is 29.9. The zero-order chi connectivity index (χ0) is 16.2. The number of rotatable bonds is 5. The Morgan fingerprint density at radius 2 is 1.83 bits per heavy atom. The number of ketones is 1. The van der Waals surface area contributed by atoms with Crippen LogP contribution in [0.2, 0.25) is 0 Å². The van der Waals surface area contributed by atoms with Gasteiger partial charge in [-0.1, -0.05) is 29.8 Å². The maximum Gasteiger partial charge on any atom is 0.226 e. The van der Waals surface area contributed by atoms with Crippen LogP contribution >= 0.6 is 23.7 Å². The third-order valence-corrected chi connectivity index (χ3v) is 5.12. The van der Waals surface area contributed by atoms with Crippen LogP contribution < -0.4 is 5.32 Å². The molecule has 0 fully saturated rings. The number of nitrogens with one attached hydrogen (secondary N) is 1. The smallest absolute Gasteiger partial charge is 0.226 e. The zero-order valence-electron chi connectivity index (χ0n) is 13.6. The zero-order valence-corrected chi connectivity index (χ0v) is 15.3. The van der Waals surface area contributed by atoms with E-state index in [2.05, 4.69) is 10.3 Å². The number of benzene rings is 1. The number of hydrogen-bond donors (Lipinski definition) is 1. The Kier molecular flexibility index (Phi) is 6.52. The van der Waals surface area contributed by atoms with Crippen molar-refractivity contribution < 1.29 is 9.59 Å². The fourth-order valence-corrected chi connectivity index (χ4v) is 3.76. The molecule has 0 unspecified atom stereocenters. The molecule has 3 rings (SSSR count). The predicted octanol–water partition coefficient (Wildman–Crippen LogP) is 4.35. The van der Waals surface area contributed by atoms with E-state index in [-0.39, 0.29) is 36.9 Å². The minimum absolute atomic E-state index is 0. The third kappa shape index (κ3) is 4.65. The number of Topliss-reactive ketones (excluding diaryl/α,β-unsaturated/α-hetero) is 1. The maximum atomic E-state index is 12.1. The van der Waals surface area contributed by atoms with Gasteiger partial charge in [-0.15, -0.1) is 23.7 Å². The molecule has 0 spiro atoms. The Bertz CT molecular complexity index is 702. The summed E-state index contributed by atoms with van der Waals surface area (Å²) in [6, 6.07) is 7.44. The second kappa shape index (κ2) is 8.40. The molecule has 24 heavy (non-hydrogen) atoms. The van der Waals surface area contributed by atoms with Crippen molar-refractivity contribution in [2.24, 2.45) is 0 Å². The molecule has 0 saturated heterocycles. The van der Waals surface area contributed by atoms with Gasteiger partial charge in [0.05, 0.1) is 5.69 Å². The number of aromatic nitrogens is 1. The van der Waals surface area contributed by atoms with Crippen LogP contribution in [0.25, 0.3) is 0 Å². The van der Waals surface area contributed by atoms with Crippen LogP contribution in [0.15, 0.2) is 24.3 Å². The summed E-state index contributed by atoms with van der Waals surface area (Å²) >= 11 is 1.57. The first-order valence-electron chi connectivity index (χ1n) is 8.00. The molecule has 0 aliphatic heterocycles. The molecule has 0 atom stereocenters. The molecule has 6 heteroatoms. The first-order valence-corrected chi connectivity index (χ1v) is 8.82. The summed E-state index contributed by atoms with van der Waals surface area (Å²) in [6.07, 6.45) is 4.86. The minimum Gasteiger partial charge on any atom is -0.302 e. The Morgan fingerprint density at radius 1 is 1.12 bits per heavy atom. The summed E-state index contributed by atoms with van der Waals surface area (Å²) in [5, 5.41) is 3.50. The molecule has 1 heterocycles. The van der Waals surface area contributed by atoms with Crippen molar-refractivity contribution in [2.45, 2.75) is 45.4 Å². The van der Waals surface area contributed by atoms with Crippen molar-refractivity contribution in [1.29, 1.82) is 0 Å². The van der Waals surface area contributed by atoms with Crippen LogP contribution in [0.3, 0.4) is 0 Å². The van der Waals surface area contributed by atoms with E-state index in [0.29, 0.717) is 10.7 Å². The van der Waals surface area contributed by atoms with Gasteiger partial charge in [0.2, 0.25) is 5.91 Å². The van der Waals surface area contributed by atoms with Crippen LogP contribution in [-0.4, -0.2) is 16.7 Å². The monoisotopic (exact) mass is 364 g/mol. The number of fused-ring (bicyclic) bond motifs is 1. The standard InChI is InChI=1S/C18H20N2O2S.ClH/c1-12-6-8-13(9-7-12)15(21)10-11-17(22)20-18-19-14-4-2-3-5-16(14)23-18;/h6-9H,2-5,10-11H2,1H3,(H,19,20,22);1H. The molecular formula is C18H21ClN2O2S. The average molecular weight is 365 g/mol. The number of anilines is 1. The second-order valence-electron chi connectivity index (χ2n) is 5.93. The van der Waals surface area contributed by atoms with Gasteiger partial charge in [-0.3, -0.25) is 9.59 Å². The number of carbonyl (C=O) groups is 2. The highest BCUT2D eigenvalue weighted by atomic mass is 35.5. The normalized spacial score (nSPS) is 12.9. The Morgan fingerprint density at radius 3 is 2.54 bits per heavy atom. The summed E-state index contributed by atoms with van der Waals surface area (Å²) in [6.45, 7) is 1.98. The van der Waals surface area contributed by atoms with Crippen molar-refractivity contribution >= 4 is 40.6 Å². The largest absolute Gasteiger partial charge is 0.302 e. The van der Waals surface area contributed by atoms with E-state index < -0.39 is 0 Å². The first-order chi connectivity index (χ1) is 11.1. The number of carbonyl (C=O) groups excluding carboxylic acids is 2. The van der Waals surface area contributed by atoms with Crippen LogP contribution in [0.1, 0.15) is 52.2 Å². The van der Waals surface area contributed by atoms with Gasteiger partial charge in [0.1, 0.15) is 0 Å². The molecule has 2 aromatic rings. The highest BCUT2D eigenvalue weighted by molar-refractivity contribution is 7.15. The molecule has 1 aromatic heterocycles. The van der Waals surface area contributed by atoms with E-state index in [1.165, 1.54) is 17.7 Å². The molecule has 1 aliphatic rings. The fraction of sp³-hybridized carbons (Fsp3) is 0.389. The van der Waals surface area contributed by atoms with E-state index in [1.807, 2.05) is 31.2 Å². The van der Waals surface area contributed by atoms with Crippen molar-refractivity contribution in [3.63, 3.8) is 0 Å². The van der Waals surface area contributed by atoms with Gasteiger partial charge in [-0.25, -0.2) is 4.98 Å². The van der Waals surface area contributed by atoms with Gasteiger partial charge >= 0.3 is 0 Å². The molecule has 1 aliphatic carbocycles. The molecule has 0 radical (unpaired) electrons. The van der Waals surface area contributed by atoms with Gasteiger partial charge in [-0.05, 0) is 32.6 Å². The van der Waals surface area contributed by atoms with E-state index in [0.717, 1.165) is 24.1 Å². The summed E-state index contributed by atoms with van der Waals surface area (Å²) in [5.74, 6) is -0.143. The Hall–Kier alpha value is -1.72. The van der Waals surface area contributed by atoms with Crippen molar-refractivity contribution in [3.8, 4) is 0 Å². The van der Waals surface area contributed by atoms with E-state index >= 15 is 0 Å². The predicted molar refractivity (Wildman–Crippen MR) is 99.4 cm³/mol. The summed E-state index contributed by atoms with van der Waals surface area (Å²) < 4.78 is 0. The lowest BCUT2D eigenvalue weighted by Gasteiger charge is -2.06. The topological polar surface area (TPSA) is 59.1 Å². The van der Waals surface area contributed by atoms with Crippen molar-refractivity contribution in [2.75, 3.05) is 5.32 Å². The molecule has 0 bridgehead atoms. The van der Waals surface area contributed by atoms with Gasteiger partial charge in [0, 0.05) is 23.3 Å². The number of hydrogen-bond acceptors (Lipinski definition) is 4. The van der Waals surface area contributed by atoms with Gasteiger partial charge in [-0.2, -0.15) is 0 Å². The molecule has 1 aromatic carbocycles. The SMILES string of the molecule is Cc1ccc(C(=O)CCC(=O)Nc2nc3c(s2)CCCC3)cc1.Cl. The van der Waals surface area contributed by atoms with Crippen LogP contribution in [-0.2, 0) is 17.6 Å². The maximum absolute atomic E-state index is 12.1. The summed E-state index contributed by atoms with van der Waals surface area (Å²) in [5.41, 5.74) is 2.91. The van der Waals surface area contributed by atoms with Crippen LogP contribution in [0.5, 0.6) is 0 Å². The van der Waals surface area contributed by atoms with Crippen LogP contribution in [0.4, 0.5) is 5.13 Å². The lowest BCUT2D eigenvalue weighted by atomic mass is 10.0. The lowest BCUT2D eigenvalue weighted by Crippen LogP contribution is -2.13. The molecule has 0 saturated carbocycles. The molecule has 128 valence electrons. The Labute approximate surface area is 152 Å². The molecule has 1 amide bonds. The number of nitrogens with zero attached hydrogens (tertiary/aromatic N) is 1. The summed E-state index contributed by atoms with van der Waals surface area (Å²) in [7, 11) is 0. The lowest BCUT2D eigenvalue weighted by molar-refractivity contribution is -0.116. The van der Waals surface area contributed by atoms with E-state index in [1.54, 1.807) is 11.3 Å². The van der Waals surface area contributed by atoms with E-state index in [9.17, 15) is 9.59 Å². The van der Waals surface area contributed by atoms with Gasteiger partial charge in [0.15, 0.2) is 10.9 Å². The number of thiazole rings is 1. The van der Waals surface area contributed by atoms with Crippen molar-refractivity contribution in [1.82, 2.24) is 4.98 Å². The minimum atomic E-state index is -0.142. The second-order valence-corrected chi connectivity index (χ2v) is 7.02. The third-order valence-electron chi connectivity index (χ3n) is 4.04. The molecule has 1 N–H and O–H groups in total. The Balaban J connectivity index is 0.00000208. The number of halogens is 1. The molecule has 4 nitrogen and oxygen atoms in total. The van der Waals surface area contributed by atoms with Gasteiger partial charge in [0.25, 0.3) is 0 Å². The first kappa shape index (κ1) is 18.6. The highest BCUT2D eigenvalue weighted by Crippen LogP contribution is 2.29. The quantitative estimate of drug-likeness (QED) is 0.802. The van der Waals surface area contributed by atoms with Gasteiger partial charge < -0.3 is 5.32 Å².